The summed E-state index contributed by atoms with van der Waals surface area (Å²) in [6.07, 6.45) is 0. The van der Waals surface area contributed by atoms with Gasteiger partial charge in [-0.25, -0.2) is 9.65 Å². The Morgan fingerprint density at radius 1 is 1.40 bits per heavy atom. The van der Waals surface area contributed by atoms with Gasteiger partial charge in [0, 0.05) is 11.0 Å². The number of nitrogens with zero attached hydrogens (tertiary/aromatic N) is 1. The number of nitriles is 1. The van der Waals surface area contributed by atoms with Crippen LogP contribution in [0.3, 0.4) is 0 Å². The van der Waals surface area contributed by atoms with E-state index in [1.54, 1.807) is 12.1 Å². The van der Waals surface area contributed by atoms with E-state index in [1.165, 1.54) is 12.1 Å². The van der Waals surface area contributed by atoms with Gasteiger partial charge in [-0.15, -0.1) is 0 Å². The lowest BCUT2D eigenvalue weighted by molar-refractivity contribution is 0.627. The highest BCUT2D eigenvalue weighted by molar-refractivity contribution is 9.10. The Bertz CT molecular complexity index is 205. The zero-order valence-electron chi connectivity index (χ0n) is 5.09. The first-order valence-corrected chi connectivity index (χ1v) is 3.25. The van der Waals surface area contributed by atoms with Crippen molar-refractivity contribution < 1.29 is 4.39 Å². The number of hydrogen-bond acceptors (Lipinski definition) is 1. The van der Waals surface area contributed by atoms with Gasteiger partial charge in [0.15, 0.2) is 0 Å². The van der Waals surface area contributed by atoms with Crippen LogP contribution in [0.15, 0.2) is 28.7 Å². The summed E-state index contributed by atoms with van der Waals surface area (Å²) >= 11 is 3.12. The molecule has 0 atom stereocenters. The molecule has 52 valence electrons. The minimum absolute atomic E-state index is 0.209. The summed E-state index contributed by atoms with van der Waals surface area (Å²) in [5.74, 6) is -0.209. The fourth-order valence-corrected chi connectivity index (χ4v) is 0.831. The van der Waals surface area contributed by atoms with Crippen molar-refractivity contribution in [3.63, 3.8) is 0 Å². The molecular formula is C7H5BrFN. The second kappa shape index (κ2) is 4.95. The molecule has 0 aliphatic carbocycles. The predicted molar refractivity (Wildman–Crippen MR) is 40.8 cm³/mol. The van der Waals surface area contributed by atoms with Crippen LogP contribution in [-0.4, -0.2) is 0 Å². The first kappa shape index (κ1) is 9.12. The smallest absolute Gasteiger partial charge is 0.124 e. The van der Waals surface area contributed by atoms with Crippen molar-refractivity contribution in [2.45, 2.75) is 0 Å². The molecule has 1 aromatic carbocycles. The van der Waals surface area contributed by atoms with Crippen LogP contribution in [0, 0.1) is 17.7 Å². The standard InChI is InChI=1S/C6H4BrF.CHN/c7-5-2-1-3-6(8)4-5;1-2/h1-4H;1H. The monoisotopic (exact) mass is 201 g/mol. The van der Waals surface area contributed by atoms with E-state index in [-0.39, 0.29) is 5.82 Å². The van der Waals surface area contributed by atoms with E-state index in [4.69, 9.17) is 5.26 Å². The van der Waals surface area contributed by atoms with Crippen molar-refractivity contribution in [1.82, 2.24) is 0 Å². The molecule has 0 unspecified atom stereocenters. The molecule has 0 spiro atoms. The Kier molecular flexibility index (Phi) is 4.51. The molecule has 0 amide bonds. The third-order valence-corrected chi connectivity index (χ3v) is 1.28. The molecule has 0 radical (unpaired) electrons. The molecule has 0 aliphatic rings. The molecule has 0 fully saturated rings. The maximum Gasteiger partial charge on any atom is 0.124 e. The van der Waals surface area contributed by atoms with Crippen LogP contribution in [0.2, 0.25) is 0 Å². The van der Waals surface area contributed by atoms with E-state index in [1.807, 2.05) is 0 Å². The first-order chi connectivity index (χ1) is 4.79. The molecule has 0 saturated carbocycles. The van der Waals surface area contributed by atoms with Gasteiger partial charge in [0.1, 0.15) is 5.82 Å². The van der Waals surface area contributed by atoms with Crippen molar-refractivity contribution in [3.05, 3.63) is 34.6 Å². The molecule has 1 aromatic rings. The van der Waals surface area contributed by atoms with Crippen molar-refractivity contribution in [1.29, 1.82) is 5.26 Å². The summed E-state index contributed by atoms with van der Waals surface area (Å²) in [4.78, 5) is 0. The maximum atomic E-state index is 12.1. The topological polar surface area (TPSA) is 23.8 Å². The van der Waals surface area contributed by atoms with Gasteiger partial charge in [-0.05, 0) is 18.2 Å². The molecule has 0 aliphatic heterocycles. The summed E-state index contributed by atoms with van der Waals surface area (Å²) in [5.41, 5.74) is 0. The van der Waals surface area contributed by atoms with Gasteiger partial charge < -0.3 is 0 Å². The minimum atomic E-state index is -0.209. The maximum absolute atomic E-state index is 12.1. The van der Waals surface area contributed by atoms with E-state index in [0.717, 1.165) is 4.47 Å². The molecule has 1 rings (SSSR count). The number of rotatable bonds is 0. The third-order valence-electron chi connectivity index (χ3n) is 0.787. The van der Waals surface area contributed by atoms with Gasteiger partial charge in [0.25, 0.3) is 0 Å². The predicted octanol–water partition coefficient (Wildman–Crippen LogP) is 2.73. The fraction of sp³-hybridized carbons (Fsp3) is 0. The quantitative estimate of drug-likeness (QED) is 0.634. The normalized spacial score (nSPS) is 7.60. The molecule has 0 heterocycles. The highest BCUT2D eigenvalue weighted by Gasteiger charge is 1.86. The highest BCUT2D eigenvalue weighted by Crippen LogP contribution is 2.09. The van der Waals surface area contributed by atoms with Crippen LogP contribution in [-0.2, 0) is 0 Å². The molecule has 0 N–H and O–H groups in total. The Morgan fingerprint density at radius 3 is 2.30 bits per heavy atom. The van der Waals surface area contributed by atoms with Crippen LogP contribution in [0.4, 0.5) is 4.39 Å². The Balaban J connectivity index is 0.000000371. The zero-order valence-corrected chi connectivity index (χ0v) is 6.68. The lowest BCUT2D eigenvalue weighted by atomic mass is 10.4. The summed E-state index contributed by atoms with van der Waals surface area (Å²) in [6, 6.07) is 6.26. The Morgan fingerprint density at radius 2 is 2.00 bits per heavy atom. The van der Waals surface area contributed by atoms with Crippen LogP contribution in [0.1, 0.15) is 0 Å². The summed E-state index contributed by atoms with van der Waals surface area (Å²) in [5, 5.41) is 6.50. The van der Waals surface area contributed by atoms with E-state index in [9.17, 15) is 4.39 Å². The average Bonchev–Trinajstić information content (AvgIpc) is 1.91. The molecule has 0 bridgehead atoms. The van der Waals surface area contributed by atoms with E-state index in [0.29, 0.717) is 0 Å². The molecular weight excluding hydrogens is 197 g/mol. The van der Waals surface area contributed by atoms with Gasteiger partial charge >= 0.3 is 0 Å². The van der Waals surface area contributed by atoms with E-state index >= 15 is 0 Å². The lowest BCUT2D eigenvalue weighted by Crippen LogP contribution is -1.68. The average molecular weight is 202 g/mol. The second-order valence-electron chi connectivity index (χ2n) is 1.44. The first-order valence-electron chi connectivity index (χ1n) is 2.46. The molecule has 0 aromatic heterocycles. The van der Waals surface area contributed by atoms with Gasteiger partial charge in [-0.3, -0.25) is 0 Å². The third kappa shape index (κ3) is 3.21. The molecule has 3 heteroatoms. The minimum Gasteiger partial charge on any atom is -0.207 e. The number of benzene rings is 1. The van der Waals surface area contributed by atoms with Crippen LogP contribution < -0.4 is 0 Å². The Hall–Kier alpha value is -0.880. The summed E-state index contributed by atoms with van der Waals surface area (Å²) < 4.78 is 12.9. The van der Waals surface area contributed by atoms with E-state index in [2.05, 4.69) is 22.5 Å². The zero-order chi connectivity index (χ0) is 7.98. The number of halogens is 2. The van der Waals surface area contributed by atoms with Gasteiger partial charge in [0.05, 0.1) is 0 Å². The van der Waals surface area contributed by atoms with Crippen molar-refractivity contribution in [2.75, 3.05) is 0 Å². The van der Waals surface area contributed by atoms with Gasteiger partial charge in [0.2, 0.25) is 0 Å². The SMILES string of the molecule is C#N.Fc1cccc(Br)c1. The van der Waals surface area contributed by atoms with Gasteiger partial charge in [-0.2, -0.15) is 0 Å². The van der Waals surface area contributed by atoms with Crippen LogP contribution in [0.5, 0.6) is 0 Å². The van der Waals surface area contributed by atoms with Crippen molar-refractivity contribution in [2.24, 2.45) is 0 Å². The lowest BCUT2D eigenvalue weighted by Gasteiger charge is -1.85. The van der Waals surface area contributed by atoms with Crippen LogP contribution >= 0.6 is 15.9 Å². The molecule has 0 saturated heterocycles. The highest BCUT2D eigenvalue weighted by atomic mass is 79.9. The molecule has 10 heavy (non-hydrogen) atoms. The fourth-order valence-electron chi connectivity index (χ4n) is 0.460. The molecule has 1 nitrogen and oxygen atoms in total. The van der Waals surface area contributed by atoms with Gasteiger partial charge in [-0.1, -0.05) is 22.0 Å². The van der Waals surface area contributed by atoms with E-state index < -0.39 is 0 Å². The van der Waals surface area contributed by atoms with Crippen LogP contribution in [0.25, 0.3) is 0 Å². The second-order valence-corrected chi connectivity index (χ2v) is 2.36. The largest absolute Gasteiger partial charge is 0.207 e. The number of hydrogen-bond donors (Lipinski definition) is 0. The summed E-state index contributed by atoms with van der Waals surface area (Å²) in [6.45, 7) is 3.50. The summed E-state index contributed by atoms with van der Waals surface area (Å²) in [7, 11) is 0. The van der Waals surface area contributed by atoms with Crippen molar-refractivity contribution >= 4 is 15.9 Å². The van der Waals surface area contributed by atoms with Crippen molar-refractivity contribution in [3.8, 4) is 6.57 Å². The Labute approximate surface area is 67.2 Å².